The topological polar surface area (TPSA) is 59.0 Å². The van der Waals surface area contributed by atoms with E-state index in [2.05, 4.69) is 15.0 Å². The maximum absolute atomic E-state index is 12.7. The molecule has 3 rings (SSSR count). The maximum Gasteiger partial charge on any atom is 0.274 e. The van der Waals surface area contributed by atoms with Gasteiger partial charge in [-0.05, 0) is 30.5 Å². The maximum atomic E-state index is 12.7. The van der Waals surface area contributed by atoms with Crippen molar-refractivity contribution in [1.29, 1.82) is 0 Å². The molecule has 1 aliphatic heterocycles. The summed E-state index contributed by atoms with van der Waals surface area (Å²) in [7, 11) is 0. The molecule has 2 aromatic rings. The summed E-state index contributed by atoms with van der Waals surface area (Å²) in [6.07, 6.45) is 12.6. The lowest BCUT2D eigenvalue weighted by molar-refractivity contribution is 0.0674. The third-order valence-corrected chi connectivity index (χ3v) is 3.89. The average molecular weight is 282 g/mol. The Bertz CT molecular complexity index is 588. The summed E-state index contributed by atoms with van der Waals surface area (Å²) >= 11 is 0. The first kappa shape index (κ1) is 13.7. The van der Waals surface area contributed by atoms with Crippen molar-refractivity contribution in [2.75, 3.05) is 6.54 Å². The zero-order valence-electron chi connectivity index (χ0n) is 11.9. The molecule has 5 nitrogen and oxygen atoms in total. The normalized spacial score (nSPS) is 19.0. The van der Waals surface area contributed by atoms with Crippen molar-refractivity contribution in [2.24, 2.45) is 0 Å². The quantitative estimate of drug-likeness (QED) is 0.849. The number of likely N-dealkylation sites (tertiary alicyclic amines) is 1. The fraction of sp³-hybridized carbons (Fsp3) is 0.375. The first-order chi connectivity index (χ1) is 10.4. The molecule has 1 fully saturated rings. The van der Waals surface area contributed by atoms with Gasteiger partial charge in [0, 0.05) is 31.3 Å². The number of carbonyl (C=O) groups is 1. The SMILES string of the molecule is O=C(c1cnccn1)N1CCCCCC1c1ccncc1. The summed E-state index contributed by atoms with van der Waals surface area (Å²) in [6.45, 7) is 0.766. The standard InChI is InChI=1S/C16H18N4O/c21-16(14-12-18-9-10-19-14)20-11-3-1-2-4-15(20)13-5-7-17-8-6-13/h5-10,12,15H,1-4,11H2. The van der Waals surface area contributed by atoms with Gasteiger partial charge in [-0.2, -0.15) is 0 Å². The fourth-order valence-electron chi connectivity index (χ4n) is 2.84. The number of aromatic nitrogens is 3. The van der Waals surface area contributed by atoms with E-state index in [0.717, 1.165) is 37.8 Å². The van der Waals surface area contributed by atoms with Gasteiger partial charge in [-0.15, -0.1) is 0 Å². The Labute approximate surface area is 124 Å². The Morgan fingerprint density at radius 2 is 1.90 bits per heavy atom. The van der Waals surface area contributed by atoms with Crippen LogP contribution in [0.2, 0.25) is 0 Å². The smallest absolute Gasteiger partial charge is 0.274 e. The Kier molecular flexibility index (Phi) is 4.19. The molecule has 0 bridgehead atoms. The minimum Gasteiger partial charge on any atom is -0.330 e. The van der Waals surface area contributed by atoms with Crippen LogP contribution in [0.15, 0.2) is 43.1 Å². The first-order valence-electron chi connectivity index (χ1n) is 7.33. The number of nitrogens with zero attached hydrogens (tertiary/aromatic N) is 4. The molecular formula is C16H18N4O. The lowest BCUT2D eigenvalue weighted by Gasteiger charge is -2.30. The zero-order valence-corrected chi connectivity index (χ0v) is 11.9. The van der Waals surface area contributed by atoms with E-state index in [4.69, 9.17) is 0 Å². The van der Waals surface area contributed by atoms with Crippen LogP contribution in [0.5, 0.6) is 0 Å². The molecule has 5 heteroatoms. The van der Waals surface area contributed by atoms with E-state index < -0.39 is 0 Å². The predicted molar refractivity (Wildman–Crippen MR) is 78.5 cm³/mol. The highest BCUT2D eigenvalue weighted by Gasteiger charge is 2.28. The number of carbonyl (C=O) groups excluding carboxylic acids is 1. The summed E-state index contributed by atoms with van der Waals surface area (Å²) in [4.78, 5) is 26.9. The van der Waals surface area contributed by atoms with Crippen molar-refractivity contribution in [3.8, 4) is 0 Å². The van der Waals surface area contributed by atoms with Gasteiger partial charge in [0.15, 0.2) is 0 Å². The molecule has 1 unspecified atom stereocenters. The summed E-state index contributed by atoms with van der Waals surface area (Å²) in [6, 6.07) is 4.09. The fourth-order valence-corrected chi connectivity index (χ4v) is 2.84. The highest BCUT2D eigenvalue weighted by atomic mass is 16.2. The second-order valence-corrected chi connectivity index (χ2v) is 5.23. The van der Waals surface area contributed by atoms with Crippen LogP contribution in [0.1, 0.15) is 47.8 Å². The van der Waals surface area contributed by atoms with Gasteiger partial charge in [-0.25, -0.2) is 4.98 Å². The molecule has 0 aliphatic carbocycles. The molecule has 0 spiro atoms. The van der Waals surface area contributed by atoms with E-state index in [1.54, 1.807) is 24.8 Å². The highest BCUT2D eigenvalue weighted by molar-refractivity contribution is 5.92. The molecule has 2 aromatic heterocycles. The second-order valence-electron chi connectivity index (χ2n) is 5.23. The summed E-state index contributed by atoms with van der Waals surface area (Å²) in [5, 5.41) is 0. The molecule has 1 amide bonds. The molecule has 21 heavy (non-hydrogen) atoms. The molecular weight excluding hydrogens is 264 g/mol. The number of amides is 1. The van der Waals surface area contributed by atoms with Crippen molar-refractivity contribution in [3.63, 3.8) is 0 Å². The van der Waals surface area contributed by atoms with Gasteiger partial charge in [-0.3, -0.25) is 14.8 Å². The Balaban J connectivity index is 1.91. The average Bonchev–Trinajstić information content (AvgIpc) is 2.81. The van der Waals surface area contributed by atoms with Crippen LogP contribution in [0.4, 0.5) is 0 Å². The van der Waals surface area contributed by atoms with Crippen LogP contribution < -0.4 is 0 Å². The summed E-state index contributed by atoms with van der Waals surface area (Å²) in [5.41, 5.74) is 1.56. The molecule has 0 radical (unpaired) electrons. The zero-order chi connectivity index (χ0) is 14.5. The van der Waals surface area contributed by atoms with Gasteiger partial charge in [0.25, 0.3) is 5.91 Å². The van der Waals surface area contributed by atoms with E-state index in [9.17, 15) is 4.79 Å². The molecule has 1 atom stereocenters. The second kappa shape index (κ2) is 6.43. The van der Waals surface area contributed by atoms with Gasteiger partial charge >= 0.3 is 0 Å². The Hall–Kier alpha value is -2.30. The largest absolute Gasteiger partial charge is 0.330 e. The van der Waals surface area contributed by atoms with Gasteiger partial charge in [0.2, 0.25) is 0 Å². The number of rotatable bonds is 2. The number of pyridine rings is 1. The van der Waals surface area contributed by atoms with Crippen molar-refractivity contribution in [3.05, 3.63) is 54.4 Å². The molecule has 3 heterocycles. The van der Waals surface area contributed by atoms with Crippen LogP contribution >= 0.6 is 0 Å². The summed E-state index contributed by atoms with van der Waals surface area (Å²) in [5.74, 6) is -0.0354. The molecule has 108 valence electrons. The Morgan fingerprint density at radius 1 is 1.05 bits per heavy atom. The van der Waals surface area contributed by atoms with Crippen molar-refractivity contribution in [2.45, 2.75) is 31.7 Å². The highest BCUT2D eigenvalue weighted by Crippen LogP contribution is 2.30. The van der Waals surface area contributed by atoms with E-state index in [1.807, 2.05) is 17.0 Å². The summed E-state index contributed by atoms with van der Waals surface area (Å²) < 4.78 is 0. The molecule has 1 aliphatic rings. The minimum absolute atomic E-state index is 0.0354. The molecule has 0 N–H and O–H groups in total. The van der Waals surface area contributed by atoms with Crippen LogP contribution in [-0.2, 0) is 0 Å². The van der Waals surface area contributed by atoms with Crippen LogP contribution in [0.3, 0.4) is 0 Å². The van der Waals surface area contributed by atoms with E-state index in [0.29, 0.717) is 5.69 Å². The Morgan fingerprint density at radius 3 is 2.67 bits per heavy atom. The van der Waals surface area contributed by atoms with Crippen molar-refractivity contribution in [1.82, 2.24) is 19.9 Å². The van der Waals surface area contributed by atoms with E-state index >= 15 is 0 Å². The molecule has 1 saturated heterocycles. The van der Waals surface area contributed by atoms with Crippen molar-refractivity contribution >= 4 is 5.91 Å². The monoisotopic (exact) mass is 282 g/mol. The van der Waals surface area contributed by atoms with Gasteiger partial charge in [-0.1, -0.05) is 12.8 Å². The van der Waals surface area contributed by atoms with E-state index in [1.165, 1.54) is 6.20 Å². The molecule has 0 saturated carbocycles. The van der Waals surface area contributed by atoms with Gasteiger partial charge < -0.3 is 4.90 Å². The lowest BCUT2D eigenvalue weighted by Crippen LogP contribution is -2.35. The third-order valence-electron chi connectivity index (χ3n) is 3.89. The van der Waals surface area contributed by atoms with E-state index in [-0.39, 0.29) is 11.9 Å². The lowest BCUT2D eigenvalue weighted by atomic mass is 10.0. The predicted octanol–water partition coefficient (Wildman–Crippen LogP) is 2.63. The van der Waals surface area contributed by atoms with Gasteiger partial charge in [0.1, 0.15) is 5.69 Å². The number of hydrogen-bond donors (Lipinski definition) is 0. The van der Waals surface area contributed by atoms with Crippen LogP contribution in [-0.4, -0.2) is 32.3 Å². The van der Waals surface area contributed by atoms with Crippen LogP contribution in [0, 0.1) is 0 Å². The molecule has 0 aromatic carbocycles. The van der Waals surface area contributed by atoms with Crippen molar-refractivity contribution < 1.29 is 4.79 Å². The number of hydrogen-bond acceptors (Lipinski definition) is 4. The van der Waals surface area contributed by atoms with Crippen LogP contribution in [0.25, 0.3) is 0 Å². The third kappa shape index (κ3) is 3.07. The first-order valence-corrected chi connectivity index (χ1v) is 7.33. The minimum atomic E-state index is -0.0354. The van der Waals surface area contributed by atoms with Gasteiger partial charge in [0.05, 0.1) is 12.2 Å².